The SMILES string of the molecule is CC(Cl)C(=O)NC(=O)NC1CCN(C)C(C)C1. The van der Waals surface area contributed by atoms with E-state index in [1.165, 1.54) is 6.92 Å². The zero-order valence-electron chi connectivity index (χ0n) is 10.5. The van der Waals surface area contributed by atoms with Crippen molar-refractivity contribution >= 4 is 23.5 Å². The number of imide groups is 1. The van der Waals surface area contributed by atoms with Crippen molar-refractivity contribution in [2.24, 2.45) is 0 Å². The number of nitrogens with one attached hydrogen (secondary N) is 2. The van der Waals surface area contributed by atoms with Crippen molar-refractivity contribution in [1.82, 2.24) is 15.5 Å². The number of amides is 3. The van der Waals surface area contributed by atoms with Crippen molar-refractivity contribution in [3.05, 3.63) is 0 Å². The summed E-state index contributed by atoms with van der Waals surface area (Å²) < 4.78 is 0. The van der Waals surface area contributed by atoms with Gasteiger partial charge in [0.2, 0.25) is 5.91 Å². The number of alkyl halides is 1. The first-order valence-electron chi connectivity index (χ1n) is 5.85. The van der Waals surface area contributed by atoms with Gasteiger partial charge in [-0.25, -0.2) is 4.79 Å². The third-order valence-electron chi connectivity index (χ3n) is 3.14. The topological polar surface area (TPSA) is 61.4 Å². The molecule has 0 radical (unpaired) electrons. The van der Waals surface area contributed by atoms with Crippen LogP contribution in [0, 0.1) is 0 Å². The summed E-state index contributed by atoms with van der Waals surface area (Å²) in [6.07, 6.45) is 1.80. The maximum absolute atomic E-state index is 11.5. The summed E-state index contributed by atoms with van der Waals surface area (Å²) >= 11 is 5.56. The van der Waals surface area contributed by atoms with E-state index in [9.17, 15) is 9.59 Å². The molecule has 0 aromatic carbocycles. The van der Waals surface area contributed by atoms with E-state index in [-0.39, 0.29) is 6.04 Å². The molecule has 1 aliphatic heterocycles. The fourth-order valence-corrected chi connectivity index (χ4v) is 1.91. The number of hydrogen-bond donors (Lipinski definition) is 2. The molecule has 1 rings (SSSR count). The highest BCUT2D eigenvalue weighted by Crippen LogP contribution is 2.14. The summed E-state index contributed by atoms with van der Waals surface area (Å²) in [5, 5.41) is 4.32. The summed E-state index contributed by atoms with van der Waals surface area (Å²) in [4.78, 5) is 25.0. The monoisotopic (exact) mass is 261 g/mol. The van der Waals surface area contributed by atoms with Crippen LogP contribution in [0.15, 0.2) is 0 Å². The third kappa shape index (κ3) is 4.52. The Morgan fingerprint density at radius 1 is 1.47 bits per heavy atom. The van der Waals surface area contributed by atoms with Gasteiger partial charge in [0.25, 0.3) is 0 Å². The summed E-state index contributed by atoms with van der Waals surface area (Å²) in [5.41, 5.74) is 0. The minimum absolute atomic E-state index is 0.125. The highest BCUT2D eigenvalue weighted by Gasteiger charge is 2.24. The van der Waals surface area contributed by atoms with Crippen molar-refractivity contribution in [3.63, 3.8) is 0 Å². The van der Waals surface area contributed by atoms with Gasteiger partial charge < -0.3 is 10.2 Å². The van der Waals surface area contributed by atoms with Crippen LogP contribution in [-0.2, 0) is 4.79 Å². The largest absolute Gasteiger partial charge is 0.335 e. The first kappa shape index (κ1) is 14.3. The Morgan fingerprint density at radius 2 is 2.12 bits per heavy atom. The van der Waals surface area contributed by atoms with Gasteiger partial charge in [0.15, 0.2) is 0 Å². The minimum atomic E-state index is -0.697. The van der Waals surface area contributed by atoms with Crippen LogP contribution in [0.1, 0.15) is 26.7 Å². The molecular weight excluding hydrogens is 242 g/mol. The van der Waals surface area contributed by atoms with Gasteiger partial charge in [-0.3, -0.25) is 10.1 Å². The molecule has 0 bridgehead atoms. The van der Waals surface area contributed by atoms with Gasteiger partial charge in [-0.1, -0.05) is 0 Å². The summed E-state index contributed by atoms with van der Waals surface area (Å²) in [5.74, 6) is -0.467. The second-order valence-corrected chi connectivity index (χ2v) is 5.28. The fourth-order valence-electron chi connectivity index (χ4n) is 1.85. The molecule has 1 heterocycles. The Hall–Kier alpha value is -0.810. The molecule has 1 fully saturated rings. The van der Waals surface area contributed by atoms with E-state index in [1.807, 2.05) is 0 Å². The number of piperidine rings is 1. The highest BCUT2D eigenvalue weighted by atomic mass is 35.5. The lowest BCUT2D eigenvalue weighted by atomic mass is 9.99. The highest BCUT2D eigenvalue weighted by molar-refractivity contribution is 6.31. The van der Waals surface area contributed by atoms with Gasteiger partial charge in [0, 0.05) is 18.6 Å². The Morgan fingerprint density at radius 3 is 2.65 bits per heavy atom. The number of carbonyl (C=O) groups excluding carboxylic acids is 2. The van der Waals surface area contributed by atoms with Crippen molar-refractivity contribution in [3.8, 4) is 0 Å². The number of hydrogen-bond acceptors (Lipinski definition) is 3. The first-order chi connectivity index (χ1) is 7.90. The molecular formula is C11H20ClN3O2. The normalized spacial score (nSPS) is 27.3. The van der Waals surface area contributed by atoms with E-state index >= 15 is 0 Å². The molecule has 98 valence electrons. The average Bonchev–Trinajstić information content (AvgIpc) is 2.23. The molecule has 0 saturated carbocycles. The Bertz CT molecular complexity index is 296. The molecule has 6 heteroatoms. The third-order valence-corrected chi connectivity index (χ3v) is 3.34. The number of halogens is 1. The number of rotatable bonds is 2. The van der Waals surface area contributed by atoms with Crippen LogP contribution in [0.4, 0.5) is 4.79 Å². The zero-order chi connectivity index (χ0) is 13.0. The number of urea groups is 1. The van der Waals surface area contributed by atoms with Crippen molar-refractivity contribution in [2.75, 3.05) is 13.6 Å². The van der Waals surface area contributed by atoms with Gasteiger partial charge in [0.05, 0.1) is 0 Å². The van der Waals surface area contributed by atoms with Crippen LogP contribution in [0.3, 0.4) is 0 Å². The molecule has 2 N–H and O–H groups in total. The van der Waals surface area contributed by atoms with Gasteiger partial charge in [-0.05, 0) is 33.7 Å². The molecule has 3 atom stereocenters. The molecule has 17 heavy (non-hydrogen) atoms. The molecule has 1 saturated heterocycles. The number of carbonyl (C=O) groups is 2. The van der Waals surface area contributed by atoms with Gasteiger partial charge >= 0.3 is 6.03 Å². The fraction of sp³-hybridized carbons (Fsp3) is 0.818. The van der Waals surface area contributed by atoms with E-state index in [0.29, 0.717) is 6.04 Å². The maximum atomic E-state index is 11.5. The lowest BCUT2D eigenvalue weighted by molar-refractivity contribution is -0.119. The minimum Gasteiger partial charge on any atom is -0.335 e. The molecule has 0 aromatic rings. The molecule has 0 aliphatic carbocycles. The second-order valence-electron chi connectivity index (χ2n) is 4.63. The molecule has 1 aliphatic rings. The molecule has 0 aromatic heterocycles. The van der Waals surface area contributed by atoms with Gasteiger partial charge in [-0.2, -0.15) is 0 Å². The summed E-state index contributed by atoms with van der Waals surface area (Å²) in [6.45, 7) is 4.60. The Balaban J connectivity index is 2.34. The van der Waals surface area contributed by atoms with Crippen molar-refractivity contribution < 1.29 is 9.59 Å². The standard InChI is InChI=1S/C11H20ClN3O2/c1-7-6-9(4-5-15(7)3)13-11(17)14-10(16)8(2)12/h7-9H,4-6H2,1-3H3,(H2,13,14,16,17). The van der Waals surface area contributed by atoms with Crippen LogP contribution < -0.4 is 10.6 Å². The average molecular weight is 262 g/mol. The lowest BCUT2D eigenvalue weighted by Gasteiger charge is -2.35. The number of nitrogens with zero attached hydrogens (tertiary/aromatic N) is 1. The van der Waals surface area contributed by atoms with Crippen molar-refractivity contribution in [1.29, 1.82) is 0 Å². The number of likely N-dealkylation sites (tertiary alicyclic amines) is 1. The van der Waals surface area contributed by atoms with Crippen LogP contribution in [0.5, 0.6) is 0 Å². The molecule has 5 nitrogen and oxygen atoms in total. The van der Waals surface area contributed by atoms with E-state index in [1.54, 1.807) is 0 Å². The lowest BCUT2D eigenvalue weighted by Crippen LogP contribution is -2.51. The summed E-state index contributed by atoms with van der Waals surface area (Å²) in [7, 11) is 2.07. The quantitative estimate of drug-likeness (QED) is 0.727. The van der Waals surface area contributed by atoms with E-state index in [2.05, 4.69) is 29.5 Å². The van der Waals surface area contributed by atoms with Crippen LogP contribution in [0.2, 0.25) is 0 Å². The van der Waals surface area contributed by atoms with Gasteiger partial charge in [0.1, 0.15) is 5.38 Å². The predicted octanol–water partition coefficient (Wildman–Crippen LogP) is 0.922. The van der Waals surface area contributed by atoms with Crippen molar-refractivity contribution in [2.45, 2.75) is 44.1 Å². The van der Waals surface area contributed by atoms with E-state index in [0.717, 1.165) is 19.4 Å². The Kier molecular flexibility index (Phi) is 5.21. The predicted molar refractivity (Wildman–Crippen MR) is 67.1 cm³/mol. The van der Waals surface area contributed by atoms with Crippen LogP contribution >= 0.6 is 11.6 Å². The second kappa shape index (κ2) is 6.21. The van der Waals surface area contributed by atoms with E-state index in [4.69, 9.17) is 11.6 Å². The van der Waals surface area contributed by atoms with Gasteiger partial charge in [-0.15, -0.1) is 11.6 Å². The molecule has 3 amide bonds. The van der Waals surface area contributed by atoms with E-state index < -0.39 is 17.3 Å². The smallest absolute Gasteiger partial charge is 0.321 e. The maximum Gasteiger partial charge on any atom is 0.321 e. The molecule has 0 spiro atoms. The zero-order valence-corrected chi connectivity index (χ0v) is 11.3. The van der Waals surface area contributed by atoms with Crippen LogP contribution in [0.25, 0.3) is 0 Å². The van der Waals surface area contributed by atoms with Crippen LogP contribution in [-0.4, -0.2) is 47.9 Å². The Labute approximate surface area is 107 Å². The summed E-state index contributed by atoms with van der Waals surface area (Å²) in [6, 6.07) is 0.112. The molecule has 3 unspecified atom stereocenters. The first-order valence-corrected chi connectivity index (χ1v) is 6.29.